The van der Waals surface area contributed by atoms with Crippen LogP contribution < -0.4 is 0 Å². The summed E-state index contributed by atoms with van der Waals surface area (Å²) in [5.74, 6) is 0. The van der Waals surface area contributed by atoms with Crippen molar-refractivity contribution in [1.82, 2.24) is 0 Å². The van der Waals surface area contributed by atoms with Crippen LogP contribution >= 0.6 is 0 Å². The molecule has 0 bridgehead atoms. The van der Waals surface area contributed by atoms with E-state index >= 15 is 0 Å². The zero-order valence-electron chi connectivity index (χ0n) is 9.82. The lowest BCUT2D eigenvalue weighted by Gasteiger charge is -2.32. The summed E-state index contributed by atoms with van der Waals surface area (Å²) in [5, 5.41) is 0. The SMILES string of the molecule is C[C@@H]1C[C@H](OS(C)(=O)=O)[C@H](OS(C)(=O)=O)CO1. The van der Waals surface area contributed by atoms with Crippen molar-refractivity contribution in [3.05, 3.63) is 0 Å². The molecule has 0 N–H and O–H groups in total. The molecule has 1 fully saturated rings. The lowest BCUT2D eigenvalue weighted by atomic mass is 10.1. The van der Waals surface area contributed by atoms with Gasteiger partial charge in [0.25, 0.3) is 20.2 Å². The van der Waals surface area contributed by atoms with Crippen molar-refractivity contribution in [2.24, 2.45) is 0 Å². The summed E-state index contributed by atoms with van der Waals surface area (Å²) in [5.41, 5.74) is 0. The predicted octanol–water partition coefficient (Wildman–Crippen LogP) is -0.515. The summed E-state index contributed by atoms with van der Waals surface area (Å²) in [6.07, 6.45) is 0.0704. The maximum Gasteiger partial charge on any atom is 0.264 e. The average molecular weight is 288 g/mol. The Bertz CT molecular complexity index is 452. The summed E-state index contributed by atoms with van der Waals surface area (Å²) in [6.45, 7) is 1.73. The highest BCUT2D eigenvalue weighted by Gasteiger charge is 2.35. The third-order valence-corrected chi connectivity index (χ3v) is 3.31. The molecule has 9 heteroatoms. The van der Waals surface area contributed by atoms with Gasteiger partial charge in [0, 0.05) is 6.42 Å². The molecule has 1 rings (SSSR count). The highest BCUT2D eigenvalue weighted by molar-refractivity contribution is 7.86. The van der Waals surface area contributed by atoms with E-state index in [-0.39, 0.29) is 19.1 Å². The van der Waals surface area contributed by atoms with Gasteiger partial charge in [-0.1, -0.05) is 0 Å². The van der Waals surface area contributed by atoms with Gasteiger partial charge in [-0.3, -0.25) is 8.37 Å². The topological polar surface area (TPSA) is 96.0 Å². The Morgan fingerprint density at radius 3 is 1.94 bits per heavy atom. The summed E-state index contributed by atoms with van der Waals surface area (Å²) < 4.78 is 58.9. The average Bonchev–Trinajstić information content (AvgIpc) is 2.05. The Kier molecular flexibility index (Phi) is 4.53. The van der Waals surface area contributed by atoms with E-state index in [1.807, 2.05) is 0 Å². The fraction of sp³-hybridized carbons (Fsp3) is 1.00. The fourth-order valence-electron chi connectivity index (χ4n) is 1.55. The first-order chi connectivity index (χ1) is 7.57. The molecule has 1 aliphatic heterocycles. The highest BCUT2D eigenvalue weighted by Crippen LogP contribution is 2.22. The van der Waals surface area contributed by atoms with E-state index in [2.05, 4.69) is 0 Å². The Morgan fingerprint density at radius 2 is 1.47 bits per heavy atom. The molecule has 0 amide bonds. The second-order valence-electron chi connectivity index (χ2n) is 4.06. The first-order valence-electron chi connectivity index (χ1n) is 4.95. The third-order valence-electron chi connectivity index (χ3n) is 2.12. The first-order valence-corrected chi connectivity index (χ1v) is 8.58. The van der Waals surface area contributed by atoms with Crippen LogP contribution in [0.1, 0.15) is 13.3 Å². The van der Waals surface area contributed by atoms with Crippen LogP contribution in [-0.2, 0) is 33.3 Å². The van der Waals surface area contributed by atoms with Crippen molar-refractivity contribution in [2.45, 2.75) is 31.7 Å². The monoisotopic (exact) mass is 288 g/mol. The Morgan fingerprint density at radius 1 is 1.00 bits per heavy atom. The van der Waals surface area contributed by atoms with E-state index < -0.39 is 32.4 Å². The Hall–Kier alpha value is -0.220. The normalized spacial score (nSPS) is 31.4. The molecule has 0 saturated carbocycles. The minimum Gasteiger partial charge on any atom is -0.376 e. The van der Waals surface area contributed by atoms with E-state index in [4.69, 9.17) is 13.1 Å². The van der Waals surface area contributed by atoms with E-state index in [0.717, 1.165) is 12.5 Å². The zero-order valence-corrected chi connectivity index (χ0v) is 11.5. The Balaban J connectivity index is 2.78. The molecule has 1 aliphatic rings. The van der Waals surface area contributed by atoms with Crippen LogP contribution in [0, 0.1) is 0 Å². The summed E-state index contributed by atoms with van der Waals surface area (Å²) in [7, 11) is -7.35. The minimum atomic E-state index is -3.68. The highest BCUT2D eigenvalue weighted by atomic mass is 32.2. The molecule has 0 radical (unpaired) electrons. The molecule has 102 valence electrons. The maximum absolute atomic E-state index is 11.0. The van der Waals surface area contributed by atoms with Gasteiger partial charge in [-0.2, -0.15) is 16.8 Å². The second-order valence-corrected chi connectivity index (χ2v) is 7.26. The summed E-state index contributed by atoms with van der Waals surface area (Å²) in [4.78, 5) is 0. The Labute approximate surface area is 101 Å². The van der Waals surface area contributed by atoms with Gasteiger partial charge in [0.05, 0.1) is 25.2 Å². The minimum absolute atomic E-state index is 0.0194. The number of hydrogen-bond donors (Lipinski definition) is 0. The lowest BCUT2D eigenvalue weighted by molar-refractivity contribution is -0.0920. The molecule has 0 aliphatic carbocycles. The molecule has 0 aromatic heterocycles. The zero-order chi connectivity index (χ0) is 13.3. The van der Waals surface area contributed by atoms with Gasteiger partial charge >= 0.3 is 0 Å². The molecular formula is C8H16O7S2. The van der Waals surface area contributed by atoms with Crippen LogP contribution in [0.3, 0.4) is 0 Å². The van der Waals surface area contributed by atoms with Gasteiger partial charge in [-0.05, 0) is 6.92 Å². The van der Waals surface area contributed by atoms with Crippen LogP contribution in [0.4, 0.5) is 0 Å². The van der Waals surface area contributed by atoms with Crippen molar-refractivity contribution in [1.29, 1.82) is 0 Å². The van der Waals surface area contributed by atoms with E-state index in [1.165, 1.54) is 0 Å². The van der Waals surface area contributed by atoms with Crippen molar-refractivity contribution in [3.63, 3.8) is 0 Å². The molecule has 3 atom stereocenters. The predicted molar refractivity (Wildman–Crippen MR) is 59.5 cm³/mol. The standard InChI is InChI=1S/C8H16O7S2/c1-6-4-7(14-16(2,9)10)8(5-13-6)15-17(3,11)12/h6-8H,4-5H2,1-3H3/t6-,7+,8-/m1/s1. The lowest BCUT2D eigenvalue weighted by Crippen LogP contribution is -2.45. The van der Waals surface area contributed by atoms with Crippen LogP contribution in [-0.4, -0.2) is 54.3 Å². The molecule has 0 aromatic rings. The molecule has 0 aromatic carbocycles. The van der Waals surface area contributed by atoms with Gasteiger partial charge in [0.1, 0.15) is 12.2 Å². The van der Waals surface area contributed by atoms with Crippen LogP contribution in [0.25, 0.3) is 0 Å². The van der Waals surface area contributed by atoms with Crippen LogP contribution in [0.15, 0.2) is 0 Å². The van der Waals surface area contributed by atoms with Crippen LogP contribution in [0.2, 0.25) is 0 Å². The van der Waals surface area contributed by atoms with Crippen molar-refractivity contribution < 1.29 is 29.9 Å². The summed E-state index contributed by atoms with van der Waals surface area (Å²) >= 11 is 0. The molecule has 0 unspecified atom stereocenters. The van der Waals surface area contributed by atoms with Gasteiger partial charge in [0.15, 0.2) is 0 Å². The summed E-state index contributed by atoms with van der Waals surface area (Å²) in [6, 6.07) is 0. The molecule has 7 nitrogen and oxygen atoms in total. The van der Waals surface area contributed by atoms with Gasteiger partial charge < -0.3 is 4.74 Å². The van der Waals surface area contributed by atoms with E-state index in [0.29, 0.717) is 0 Å². The first kappa shape index (κ1) is 14.8. The van der Waals surface area contributed by atoms with E-state index in [9.17, 15) is 16.8 Å². The molecule has 0 spiro atoms. The number of hydrogen-bond acceptors (Lipinski definition) is 7. The van der Waals surface area contributed by atoms with E-state index in [1.54, 1.807) is 6.92 Å². The van der Waals surface area contributed by atoms with Crippen molar-refractivity contribution in [2.75, 3.05) is 19.1 Å². The smallest absolute Gasteiger partial charge is 0.264 e. The number of rotatable bonds is 4. The largest absolute Gasteiger partial charge is 0.376 e. The molecular weight excluding hydrogens is 272 g/mol. The maximum atomic E-state index is 11.0. The molecule has 1 heterocycles. The molecule has 1 saturated heterocycles. The van der Waals surface area contributed by atoms with Gasteiger partial charge in [0.2, 0.25) is 0 Å². The van der Waals surface area contributed by atoms with Crippen molar-refractivity contribution in [3.8, 4) is 0 Å². The van der Waals surface area contributed by atoms with Crippen LogP contribution in [0.5, 0.6) is 0 Å². The number of ether oxygens (including phenoxy) is 1. The quantitative estimate of drug-likeness (QED) is 0.642. The van der Waals surface area contributed by atoms with Crippen molar-refractivity contribution >= 4 is 20.2 Å². The second kappa shape index (κ2) is 5.19. The fourth-order valence-corrected chi connectivity index (χ4v) is 2.83. The van der Waals surface area contributed by atoms with Gasteiger partial charge in [-0.15, -0.1) is 0 Å². The van der Waals surface area contributed by atoms with Gasteiger partial charge in [-0.25, -0.2) is 0 Å². The third kappa shape index (κ3) is 5.77. The molecule has 17 heavy (non-hydrogen) atoms.